The molecule has 0 aromatic carbocycles. The van der Waals surface area contributed by atoms with E-state index in [1.165, 1.54) is 116 Å². The highest BCUT2D eigenvalue weighted by molar-refractivity contribution is 6.53. The maximum atomic E-state index is 6.40. The van der Waals surface area contributed by atoms with E-state index < -0.39 is 9.05 Å². The Morgan fingerprint density at radius 3 is 0.743 bits per heavy atom. The predicted octanol–water partition coefficient (Wildman–Crippen LogP) is 10.2. The highest BCUT2D eigenvalue weighted by Gasteiger charge is 2.45. The molecule has 0 N–H and O–H groups in total. The molecule has 0 saturated heterocycles. The third-order valence-electron chi connectivity index (χ3n) is 6.61. The zero-order valence-electron chi connectivity index (χ0n) is 24.5. The Morgan fingerprint density at radius 1 is 0.286 bits per heavy atom. The van der Waals surface area contributed by atoms with Gasteiger partial charge in [0, 0.05) is 26.4 Å². The summed E-state index contributed by atoms with van der Waals surface area (Å²) >= 11 is 0. The Morgan fingerprint density at radius 2 is 0.486 bits per heavy atom. The van der Waals surface area contributed by atoms with Crippen LogP contribution in [0.5, 0.6) is 0 Å². The van der Waals surface area contributed by atoms with Crippen molar-refractivity contribution in [3.05, 3.63) is 0 Å². The molecule has 0 atom stereocenters. The Kier molecular flexibility index (Phi) is 28.7. The van der Waals surface area contributed by atoms with Gasteiger partial charge in [0.25, 0.3) is 0 Å². The van der Waals surface area contributed by atoms with Crippen LogP contribution in [0.1, 0.15) is 169 Å². The van der Waals surface area contributed by atoms with Gasteiger partial charge in [0.2, 0.25) is 0 Å². The fraction of sp³-hybridized carbons (Fsp3) is 1.00. The number of hydrogen-bond donors (Lipinski definition) is 0. The van der Waals surface area contributed by atoms with Crippen molar-refractivity contribution in [1.82, 2.24) is 0 Å². The van der Waals surface area contributed by atoms with Gasteiger partial charge < -0.3 is 17.7 Å². The largest absolute Gasteiger partial charge is 0.679 e. The summed E-state index contributed by atoms with van der Waals surface area (Å²) in [5.41, 5.74) is 0. The van der Waals surface area contributed by atoms with E-state index in [2.05, 4.69) is 27.7 Å². The standard InChI is InChI=1S/C30H64O4Si/c1-5-9-13-17-19-21-25-29-33-35(31-27-23-15-11-7-3,32-28-24-16-12-8-4)34-30-26-22-20-18-14-10-6-2/h5-30H2,1-4H3. The van der Waals surface area contributed by atoms with Gasteiger partial charge >= 0.3 is 9.05 Å². The highest BCUT2D eigenvalue weighted by Crippen LogP contribution is 2.18. The van der Waals surface area contributed by atoms with Gasteiger partial charge in [-0.2, -0.15) is 0 Å². The van der Waals surface area contributed by atoms with Gasteiger partial charge in [-0.3, -0.25) is 0 Å². The van der Waals surface area contributed by atoms with E-state index in [4.69, 9.17) is 17.7 Å². The van der Waals surface area contributed by atoms with Crippen molar-refractivity contribution >= 4 is 9.05 Å². The summed E-state index contributed by atoms with van der Waals surface area (Å²) in [6.07, 6.45) is 27.4. The van der Waals surface area contributed by atoms with E-state index in [0.717, 1.165) is 25.7 Å². The zero-order chi connectivity index (χ0) is 25.7. The van der Waals surface area contributed by atoms with Crippen LogP contribution in [-0.2, 0) is 17.7 Å². The van der Waals surface area contributed by atoms with Crippen molar-refractivity contribution in [2.45, 2.75) is 169 Å². The summed E-state index contributed by atoms with van der Waals surface area (Å²) < 4.78 is 25.6. The summed E-state index contributed by atoms with van der Waals surface area (Å²) in [5, 5.41) is 0. The lowest BCUT2D eigenvalue weighted by Crippen LogP contribution is -2.50. The topological polar surface area (TPSA) is 36.9 Å². The van der Waals surface area contributed by atoms with Crippen molar-refractivity contribution < 1.29 is 17.7 Å². The Bertz CT molecular complexity index is 359. The average molecular weight is 517 g/mol. The van der Waals surface area contributed by atoms with Crippen LogP contribution in [0, 0.1) is 0 Å². The molecule has 0 aromatic rings. The van der Waals surface area contributed by atoms with Gasteiger partial charge in [0.15, 0.2) is 0 Å². The maximum absolute atomic E-state index is 6.40. The summed E-state index contributed by atoms with van der Waals surface area (Å²) in [6, 6.07) is 0. The quantitative estimate of drug-likeness (QED) is 0.0702. The van der Waals surface area contributed by atoms with E-state index in [0.29, 0.717) is 26.4 Å². The summed E-state index contributed by atoms with van der Waals surface area (Å²) in [6.45, 7) is 11.8. The molecule has 0 bridgehead atoms. The second-order valence-corrected chi connectivity index (χ2v) is 12.4. The molecular weight excluding hydrogens is 452 g/mol. The van der Waals surface area contributed by atoms with E-state index >= 15 is 0 Å². The second-order valence-electron chi connectivity index (χ2n) is 10.3. The van der Waals surface area contributed by atoms with E-state index in [1.54, 1.807) is 0 Å². The Hall–Kier alpha value is 0.0569. The van der Waals surface area contributed by atoms with Crippen LogP contribution in [0.25, 0.3) is 0 Å². The lowest BCUT2D eigenvalue weighted by molar-refractivity contribution is -0.0375. The SMILES string of the molecule is CCCCCCCCCO[Si](OCCCCCC)(OCCCCCC)OCCCCCCCCC. The molecule has 35 heavy (non-hydrogen) atoms. The monoisotopic (exact) mass is 516 g/mol. The van der Waals surface area contributed by atoms with Crippen LogP contribution in [0.4, 0.5) is 0 Å². The lowest BCUT2D eigenvalue weighted by Gasteiger charge is -2.28. The minimum Gasteiger partial charge on any atom is -0.351 e. The van der Waals surface area contributed by atoms with Gasteiger partial charge in [-0.25, -0.2) is 0 Å². The van der Waals surface area contributed by atoms with Gasteiger partial charge in [0.1, 0.15) is 0 Å². The van der Waals surface area contributed by atoms with Crippen molar-refractivity contribution in [2.75, 3.05) is 26.4 Å². The molecule has 0 saturated carbocycles. The third kappa shape index (κ3) is 24.2. The first kappa shape index (κ1) is 35.1. The molecule has 212 valence electrons. The molecule has 0 unspecified atom stereocenters. The summed E-state index contributed by atoms with van der Waals surface area (Å²) in [4.78, 5) is 0. The first-order valence-electron chi connectivity index (χ1n) is 15.8. The number of unbranched alkanes of at least 4 members (excludes halogenated alkanes) is 18. The maximum Gasteiger partial charge on any atom is 0.679 e. The summed E-state index contributed by atoms with van der Waals surface area (Å²) in [7, 11) is -3.08. The summed E-state index contributed by atoms with van der Waals surface area (Å²) in [5.74, 6) is 0. The van der Waals surface area contributed by atoms with Gasteiger partial charge in [0.05, 0.1) is 0 Å². The third-order valence-corrected chi connectivity index (χ3v) is 8.84. The van der Waals surface area contributed by atoms with E-state index in [1.807, 2.05) is 0 Å². The molecule has 0 radical (unpaired) electrons. The molecule has 0 amide bonds. The fourth-order valence-electron chi connectivity index (χ4n) is 4.21. The molecule has 0 aliphatic carbocycles. The number of hydrogen-bond acceptors (Lipinski definition) is 4. The number of rotatable bonds is 30. The van der Waals surface area contributed by atoms with E-state index in [-0.39, 0.29) is 0 Å². The van der Waals surface area contributed by atoms with Crippen LogP contribution >= 0.6 is 0 Å². The normalized spacial score (nSPS) is 12.0. The minimum atomic E-state index is -3.08. The highest BCUT2D eigenvalue weighted by atomic mass is 28.4. The van der Waals surface area contributed by atoms with Crippen LogP contribution in [0.15, 0.2) is 0 Å². The van der Waals surface area contributed by atoms with Crippen LogP contribution < -0.4 is 0 Å². The molecule has 0 aromatic heterocycles. The average Bonchev–Trinajstić information content (AvgIpc) is 2.87. The zero-order valence-corrected chi connectivity index (χ0v) is 25.5. The van der Waals surface area contributed by atoms with Crippen molar-refractivity contribution in [2.24, 2.45) is 0 Å². The van der Waals surface area contributed by atoms with Gasteiger partial charge in [-0.15, -0.1) is 0 Å². The smallest absolute Gasteiger partial charge is 0.351 e. The van der Waals surface area contributed by atoms with Crippen molar-refractivity contribution in [3.63, 3.8) is 0 Å². The Labute approximate surface area is 222 Å². The molecule has 0 rings (SSSR count). The van der Waals surface area contributed by atoms with Crippen LogP contribution in [0.3, 0.4) is 0 Å². The van der Waals surface area contributed by atoms with E-state index in [9.17, 15) is 0 Å². The molecular formula is C30H64O4Si. The van der Waals surface area contributed by atoms with Crippen LogP contribution in [0.2, 0.25) is 0 Å². The van der Waals surface area contributed by atoms with Crippen molar-refractivity contribution in [1.29, 1.82) is 0 Å². The molecule has 0 aliphatic heterocycles. The minimum absolute atomic E-state index is 0.690. The van der Waals surface area contributed by atoms with Gasteiger partial charge in [-0.05, 0) is 25.7 Å². The molecule has 0 spiro atoms. The first-order valence-corrected chi connectivity index (χ1v) is 17.4. The molecule has 0 heterocycles. The first-order chi connectivity index (χ1) is 17.2. The molecule has 0 aliphatic rings. The predicted molar refractivity (Wildman–Crippen MR) is 154 cm³/mol. The fourth-order valence-corrected chi connectivity index (χ4v) is 6.29. The molecule has 0 fully saturated rings. The van der Waals surface area contributed by atoms with Crippen LogP contribution in [-0.4, -0.2) is 35.5 Å². The van der Waals surface area contributed by atoms with Crippen molar-refractivity contribution in [3.8, 4) is 0 Å². The molecule has 5 heteroatoms. The lowest BCUT2D eigenvalue weighted by atomic mass is 10.1. The second kappa shape index (κ2) is 28.6. The Balaban J connectivity index is 4.68. The van der Waals surface area contributed by atoms with Gasteiger partial charge in [-0.1, -0.05) is 143 Å². The molecule has 4 nitrogen and oxygen atoms in total.